The van der Waals surface area contributed by atoms with Gasteiger partial charge in [-0.15, -0.1) is 0 Å². The lowest BCUT2D eigenvalue weighted by Gasteiger charge is -2.11. The molecular formula is C18H20BrN3O5S. The number of carbonyl (C=O) groups is 1. The first-order valence-electron chi connectivity index (χ1n) is 8.58. The van der Waals surface area contributed by atoms with Crippen LogP contribution in [0, 0.1) is 0 Å². The molecule has 2 aromatic heterocycles. The molecule has 150 valence electrons. The predicted octanol–water partition coefficient (Wildman–Crippen LogP) is 3.41. The number of rotatable bonds is 7. The maximum atomic E-state index is 12.4. The molecule has 0 fully saturated rings. The fourth-order valence-electron chi connectivity index (χ4n) is 2.74. The number of hydrogen-bond donors (Lipinski definition) is 0. The Labute approximate surface area is 171 Å². The zero-order valence-corrected chi connectivity index (χ0v) is 18.1. The molecule has 28 heavy (non-hydrogen) atoms. The van der Waals surface area contributed by atoms with E-state index in [-0.39, 0.29) is 17.3 Å². The van der Waals surface area contributed by atoms with Gasteiger partial charge in [0.2, 0.25) is 15.8 Å². The van der Waals surface area contributed by atoms with Crippen molar-refractivity contribution in [1.29, 1.82) is 0 Å². The van der Waals surface area contributed by atoms with E-state index in [0.29, 0.717) is 22.6 Å². The zero-order valence-electron chi connectivity index (χ0n) is 15.7. The van der Waals surface area contributed by atoms with Crippen LogP contribution in [0.1, 0.15) is 29.7 Å². The highest BCUT2D eigenvalue weighted by Gasteiger charge is 2.20. The summed E-state index contributed by atoms with van der Waals surface area (Å²) < 4.78 is 38.8. The van der Waals surface area contributed by atoms with Crippen LogP contribution in [0.5, 0.6) is 0 Å². The van der Waals surface area contributed by atoms with Crippen molar-refractivity contribution in [2.24, 2.45) is 0 Å². The number of nitrogens with zero attached hydrogens (tertiary/aromatic N) is 3. The van der Waals surface area contributed by atoms with E-state index in [1.165, 1.54) is 26.2 Å². The van der Waals surface area contributed by atoms with Crippen LogP contribution in [0.2, 0.25) is 0 Å². The summed E-state index contributed by atoms with van der Waals surface area (Å²) in [4.78, 5) is 16.8. The number of furan rings is 1. The average Bonchev–Trinajstić information content (AvgIpc) is 3.23. The third-order valence-corrected chi connectivity index (χ3v) is 6.37. The van der Waals surface area contributed by atoms with Crippen molar-refractivity contribution in [1.82, 2.24) is 13.9 Å². The van der Waals surface area contributed by atoms with Gasteiger partial charge >= 0.3 is 5.97 Å². The Morgan fingerprint density at radius 1 is 1.29 bits per heavy atom. The van der Waals surface area contributed by atoms with Gasteiger partial charge in [-0.1, -0.05) is 6.92 Å². The van der Waals surface area contributed by atoms with Gasteiger partial charge in [0.25, 0.3) is 0 Å². The average molecular weight is 470 g/mol. The molecule has 0 atom stereocenters. The van der Waals surface area contributed by atoms with Gasteiger partial charge in [-0.05, 0) is 52.7 Å². The first-order chi connectivity index (χ1) is 13.2. The summed E-state index contributed by atoms with van der Waals surface area (Å²) in [6.07, 6.45) is 0.843. The van der Waals surface area contributed by atoms with E-state index in [9.17, 15) is 13.2 Å². The van der Waals surface area contributed by atoms with Gasteiger partial charge in [0, 0.05) is 20.6 Å². The maximum Gasteiger partial charge on any atom is 0.374 e. The van der Waals surface area contributed by atoms with Gasteiger partial charge in [0.05, 0.1) is 15.9 Å². The molecule has 0 saturated heterocycles. The van der Waals surface area contributed by atoms with Crippen LogP contribution in [-0.4, -0.2) is 42.3 Å². The van der Waals surface area contributed by atoms with Crippen LogP contribution in [-0.2, 0) is 27.9 Å². The molecule has 8 nitrogen and oxygen atoms in total. The SMILES string of the molecule is CCCn1c(COC(=O)c2ccc(Br)o2)nc2cc(S(=O)(=O)N(C)C)ccc21. The monoisotopic (exact) mass is 469 g/mol. The van der Waals surface area contributed by atoms with Crippen molar-refractivity contribution in [3.05, 3.63) is 46.6 Å². The van der Waals surface area contributed by atoms with E-state index in [0.717, 1.165) is 16.2 Å². The Kier molecular flexibility index (Phi) is 5.92. The number of benzene rings is 1. The summed E-state index contributed by atoms with van der Waals surface area (Å²) in [7, 11) is -0.603. The summed E-state index contributed by atoms with van der Waals surface area (Å²) in [6.45, 7) is 2.63. The Morgan fingerprint density at radius 2 is 2.04 bits per heavy atom. The molecule has 0 spiro atoms. The van der Waals surface area contributed by atoms with Gasteiger partial charge in [-0.3, -0.25) is 0 Å². The van der Waals surface area contributed by atoms with E-state index >= 15 is 0 Å². The van der Waals surface area contributed by atoms with Crippen molar-refractivity contribution >= 4 is 43.0 Å². The standard InChI is InChI=1S/C18H20BrN3O5S/c1-4-9-22-14-6-5-12(28(24,25)21(2)3)10-13(14)20-17(22)11-26-18(23)15-7-8-16(19)27-15/h5-8,10H,4,9,11H2,1-3H3. The molecule has 0 N–H and O–H groups in total. The van der Waals surface area contributed by atoms with E-state index in [1.807, 2.05) is 11.5 Å². The second-order valence-corrected chi connectivity index (χ2v) is 9.23. The second-order valence-electron chi connectivity index (χ2n) is 6.30. The zero-order chi connectivity index (χ0) is 20.5. The largest absolute Gasteiger partial charge is 0.452 e. The van der Waals surface area contributed by atoms with Crippen molar-refractivity contribution in [3.8, 4) is 0 Å². The summed E-state index contributed by atoms with van der Waals surface area (Å²) >= 11 is 3.14. The van der Waals surface area contributed by atoms with E-state index in [1.54, 1.807) is 18.2 Å². The number of hydrogen-bond acceptors (Lipinski definition) is 6. The Morgan fingerprint density at radius 3 is 2.64 bits per heavy atom. The number of esters is 1. The first-order valence-corrected chi connectivity index (χ1v) is 10.8. The van der Waals surface area contributed by atoms with Crippen LogP contribution in [0.25, 0.3) is 11.0 Å². The molecular weight excluding hydrogens is 450 g/mol. The van der Waals surface area contributed by atoms with Crippen LogP contribution < -0.4 is 0 Å². The molecule has 0 saturated carbocycles. The lowest BCUT2D eigenvalue weighted by molar-refractivity contribution is 0.0420. The van der Waals surface area contributed by atoms with E-state index in [4.69, 9.17) is 9.15 Å². The summed E-state index contributed by atoms with van der Waals surface area (Å²) in [6, 6.07) is 7.94. The highest BCUT2D eigenvalue weighted by Crippen LogP contribution is 2.23. The second kappa shape index (κ2) is 8.06. The predicted molar refractivity (Wildman–Crippen MR) is 106 cm³/mol. The van der Waals surface area contributed by atoms with Crippen molar-refractivity contribution < 1.29 is 22.4 Å². The number of ether oxygens (including phenoxy) is 1. The topological polar surface area (TPSA) is 94.6 Å². The molecule has 0 radical (unpaired) electrons. The lowest BCUT2D eigenvalue weighted by atomic mass is 10.3. The van der Waals surface area contributed by atoms with Gasteiger partial charge in [0.15, 0.2) is 4.67 Å². The molecule has 0 aliphatic heterocycles. The molecule has 0 amide bonds. The van der Waals surface area contributed by atoms with Gasteiger partial charge < -0.3 is 13.7 Å². The van der Waals surface area contributed by atoms with Crippen LogP contribution in [0.4, 0.5) is 0 Å². The molecule has 10 heteroatoms. The molecule has 0 aliphatic rings. The van der Waals surface area contributed by atoms with Crippen molar-refractivity contribution in [2.75, 3.05) is 14.1 Å². The Hall–Kier alpha value is -2.17. The van der Waals surface area contributed by atoms with E-state index < -0.39 is 16.0 Å². The molecule has 2 heterocycles. The van der Waals surface area contributed by atoms with Crippen LogP contribution >= 0.6 is 15.9 Å². The molecule has 0 aliphatic carbocycles. The van der Waals surface area contributed by atoms with Crippen LogP contribution in [0.3, 0.4) is 0 Å². The van der Waals surface area contributed by atoms with E-state index in [2.05, 4.69) is 20.9 Å². The van der Waals surface area contributed by atoms with Crippen molar-refractivity contribution in [3.63, 3.8) is 0 Å². The third-order valence-electron chi connectivity index (χ3n) is 4.13. The minimum absolute atomic E-state index is 0.0540. The molecule has 3 aromatic rings. The minimum Gasteiger partial charge on any atom is -0.452 e. The maximum absolute atomic E-state index is 12.4. The summed E-state index contributed by atoms with van der Waals surface area (Å²) in [5.74, 6) is 0.0243. The highest BCUT2D eigenvalue weighted by atomic mass is 79.9. The Bertz CT molecular complexity index is 1120. The molecule has 1 aromatic carbocycles. The van der Waals surface area contributed by atoms with Gasteiger partial charge in [-0.2, -0.15) is 0 Å². The van der Waals surface area contributed by atoms with Crippen LogP contribution in [0.15, 0.2) is 44.3 Å². The van der Waals surface area contributed by atoms with Crippen molar-refractivity contribution in [2.45, 2.75) is 31.4 Å². The molecule has 3 rings (SSSR count). The fourth-order valence-corrected chi connectivity index (χ4v) is 3.97. The lowest BCUT2D eigenvalue weighted by Crippen LogP contribution is -2.22. The smallest absolute Gasteiger partial charge is 0.374 e. The fraction of sp³-hybridized carbons (Fsp3) is 0.333. The number of aryl methyl sites for hydroxylation is 1. The third kappa shape index (κ3) is 3.98. The summed E-state index contributed by atoms with van der Waals surface area (Å²) in [5, 5.41) is 0. The number of fused-ring (bicyclic) bond motifs is 1. The minimum atomic E-state index is -3.56. The number of carbonyl (C=O) groups excluding carboxylic acids is 1. The normalized spacial score (nSPS) is 12.0. The quantitative estimate of drug-likeness (QED) is 0.492. The number of imidazole rings is 1. The highest BCUT2D eigenvalue weighted by molar-refractivity contribution is 9.10. The molecule has 0 unspecified atom stereocenters. The first kappa shape index (κ1) is 20.6. The number of sulfonamides is 1. The molecule has 0 bridgehead atoms. The van der Waals surface area contributed by atoms with Gasteiger partial charge in [-0.25, -0.2) is 22.5 Å². The Balaban J connectivity index is 1.92. The number of aromatic nitrogens is 2. The number of halogens is 1. The summed E-state index contributed by atoms with van der Waals surface area (Å²) in [5.41, 5.74) is 1.31. The van der Waals surface area contributed by atoms with Gasteiger partial charge in [0.1, 0.15) is 12.4 Å².